The van der Waals surface area contributed by atoms with Crippen LogP contribution < -0.4 is 0 Å². The molecule has 0 saturated carbocycles. The van der Waals surface area contributed by atoms with Gasteiger partial charge in [-0.15, -0.1) is 0 Å². The highest BCUT2D eigenvalue weighted by Crippen LogP contribution is 2.48. The number of carbonyl (C=O) groups is 1. The molecule has 1 aliphatic carbocycles. The zero-order chi connectivity index (χ0) is 36.6. The van der Waals surface area contributed by atoms with Crippen molar-refractivity contribution in [3.05, 3.63) is 153 Å². The van der Waals surface area contributed by atoms with Crippen molar-refractivity contribution in [3.63, 3.8) is 0 Å². The van der Waals surface area contributed by atoms with Crippen LogP contribution in [-0.4, -0.2) is 5.78 Å². The Balaban J connectivity index is 1.23. The van der Waals surface area contributed by atoms with Crippen molar-refractivity contribution in [2.45, 2.75) is 111 Å². The Hall–Kier alpha value is -4.91. The molecule has 1 unspecified atom stereocenters. The lowest BCUT2D eigenvalue weighted by molar-refractivity contribution is -0.118. The number of hydrogen-bond acceptors (Lipinski definition) is 7. The van der Waals surface area contributed by atoms with Crippen molar-refractivity contribution in [3.8, 4) is 0 Å². The Morgan fingerprint density at radius 3 is 1.19 bits per heavy atom. The number of aryl methyl sites for hydroxylation is 6. The largest absolute Gasteiger partial charge is 0.466 e. The maximum absolute atomic E-state index is 14.6. The van der Waals surface area contributed by atoms with E-state index < -0.39 is 0 Å². The molecule has 0 spiro atoms. The molecule has 7 nitrogen and oxygen atoms in total. The van der Waals surface area contributed by atoms with Gasteiger partial charge in [0.1, 0.15) is 69.1 Å². The molecule has 0 aromatic carbocycles. The first-order valence-corrected chi connectivity index (χ1v) is 18.5. The van der Waals surface area contributed by atoms with Gasteiger partial charge in [-0.2, -0.15) is 0 Å². The Labute approximate surface area is 306 Å². The quantitative estimate of drug-likeness (QED) is 0.111. The van der Waals surface area contributed by atoms with E-state index in [-0.39, 0.29) is 29.0 Å². The number of hydrogen-bond donors (Lipinski definition) is 0. The number of ketones is 1. The molecule has 0 fully saturated rings. The van der Waals surface area contributed by atoms with Gasteiger partial charge in [-0.25, -0.2) is 0 Å². The van der Waals surface area contributed by atoms with E-state index in [2.05, 4.69) is 19.1 Å². The summed E-state index contributed by atoms with van der Waals surface area (Å²) in [5, 5.41) is 0. The molecule has 0 amide bonds. The highest BCUT2D eigenvalue weighted by Gasteiger charge is 2.39. The molecule has 0 N–H and O–H groups in total. The van der Waals surface area contributed by atoms with Crippen LogP contribution in [-0.2, 0) is 4.79 Å². The van der Waals surface area contributed by atoms with Gasteiger partial charge in [-0.3, -0.25) is 4.79 Å². The van der Waals surface area contributed by atoms with E-state index in [0.717, 1.165) is 107 Å². The standard InChI is InChI=1S/C45H50O7/c1-27-8-16-39(47-27)34(40-17-9-28(2)48-40)15-14-33-25-45(7,23-22-35(41-18-10-29(3)49-41)42-19-11-30(4)50-42)26-38(46)36(33)24-37(43-20-12-31(5)51-43)44-21-13-32(6)52-44/h8-13,16-21,34-35,37H,14-15,22-26H2,1-7H3. The van der Waals surface area contributed by atoms with E-state index in [1.807, 2.05) is 102 Å². The minimum absolute atomic E-state index is 0.0364. The van der Waals surface area contributed by atoms with Crippen molar-refractivity contribution in [2.24, 2.45) is 5.41 Å². The Morgan fingerprint density at radius 2 is 0.846 bits per heavy atom. The van der Waals surface area contributed by atoms with Gasteiger partial charge in [0.05, 0.1) is 17.8 Å². The summed E-state index contributed by atoms with van der Waals surface area (Å²) in [6.45, 7) is 14.0. The fraction of sp³-hybridized carbons (Fsp3) is 0.400. The first-order valence-electron chi connectivity index (χ1n) is 18.5. The first-order chi connectivity index (χ1) is 24.9. The second kappa shape index (κ2) is 14.6. The summed E-state index contributed by atoms with van der Waals surface area (Å²) in [5.41, 5.74) is 1.81. The number of rotatable bonds is 14. The summed E-state index contributed by atoms with van der Waals surface area (Å²) in [4.78, 5) is 14.6. The third kappa shape index (κ3) is 7.79. The molecule has 1 atom stereocenters. The van der Waals surface area contributed by atoms with Gasteiger partial charge in [0.25, 0.3) is 0 Å². The predicted octanol–water partition coefficient (Wildman–Crippen LogP) is 12.5. The second-order valence-electron chi connectivity index (χ2n) is 15.3. The van der Waals surface area contributed by atoms with Crippen LogP contribution in [0.3, 0.4) is 0 Å². The lowest BCUT2D eigenvalue weighted by Crippen LogP contribution is -2.30. The van der Waals surface area contributed by atoms with Crippen molar-refractivity contribution in [1.29, 1.82) is 0 Å². The molecule has 6 aromatic rings. The average molecular weight is 703 g/mol. The zero-order valence-electron chi connectivity index (χ0n) is 31.5. The fourth-order valence-corrected chi connectivity index (χ4v) is 8.10. The molecular formula is C45H50O7. The van der Waals surface area contributed by atoms with Gasteiger partial charge >= 0.3 is 0 Å². The Bertz CT molecular complexity index is 2050. The van der Waals surface area contributed by atoms with Gasteiger partial charge in [0.2, 0.25) is 0 Å². The van der Waals surface area contributed by atoms with Gasteiger partial charge < -0.3 is 26.5 Å². The Kier molecular flexibility index (Phi) is 9.97. The molecular weight excluding hydrogens is 652 g/mol. The van der Waals surface area contributed by atoms with Crippen molar-refractivity contribution >= 4 is 5.78 Å². The highest BCUT2D eigenvalue weighted by molar-refractivity contribution is 5.97. The van der Waals surface area contributed by atoms with Crippen LogP contribution in [0, 0.1) is 47.0 Å². The van der Waals surface area contributed by atoms with Crippen LogP contribution in [0.1, 0.15) is 139 Å². The van der Waals surface area contributed by atoms with E-state index in [4.69, 9.17) is 26.5 Å². The Morgan fingerprint density at radius 1 is 0.500 bits per heavy atom. The normalized spacial score (nSPS) is 16.8. The van der Waals surface area contributed by atoms with Crippen LogP contribution in [0.15, 0.2) is 110 Å². The summed E-state index contributed by atoms with van der Waals surface area (Å²) >= 11 is 0. The molecule has 7 rings (SSSR count). The molecule has 52 heavy (non-hydrogen) atoms. The molecule has 272 valence electrons. The molecule has 0 bridgehead atoms. The van der Waals surface area contributed by atoms with Crippen LogP contribution in [0.25, 0.3) is 0 Å². The van der Waals surface area contributed by atoms with Gasteiger partial charge in [-0.05, 0) is 164 Å². The predicted molar refractivity (Wildman–Crippen MR) is 199 cm³/mol. The fourth-order valence-electron chi connectivity index (χ4n) is 8.10. The van der Waals surface area contributed by atoms with E-state index in [0.29, 0.717) is 12.8 Å². The molecule has 0 saturated heterocycles. The van der Waals surface area contributed by atoms with Crippen LogP contribution >= 0.6 is 0 Å². The van der Waals surface area contributed by atoms with Gasteiger partial charge in [-0.1, -0.05) is 12.5 Å². The third-order valence-corrected chi connectivity index (χ3v) is 10.8. The summed E-state index contributed by atoms with van der Waals surface area (Å²) in [6, 6.07) is 24.2. The number of allylic oxidation sites excluding steroid dienone is 2. The SMILES string of the molecule is Cc1ccc(C(CCC2=C(CC(c3ccc(C)o3)c3ccc(C)o3)C(=O)CC(C)(CCC(c3ccc(C)o3)c3ccc(C)o3)C2)c2ccc(C)o2)o1. The third-order valence-electron chi connectivity index (χ3n) is 10.8. The summed E-state index contributed by atoms with van der Waals surface area (Å²) in [7, 11) is 0. The van der Waals surface area contributed by atoms with Crippen molar-refractivity contribution < 1.29 is 31.3 Å². The monoisotopic (exact) mass is 702 g/mol. The number of Topliss-reactive ketones (excluding diaryl/α,β-unsaturated/α-hetero) is 1. The van der Waals surface area contributed by atoms with Crippen LogP contribution in [0.4, 0.5) is 0 Å². The topological polar surface area (TPSA) is 95.9 Å². The minimum atomic E-state index is -0.256. The molecule has 6 aromatic heterocycles. The minimum Gasteiger partial charge on any atom is -0.466 e. The van der Waals surface area contributed by atoms with E-state index >= 15 is 0 Å². The maximum atomic E-state index is 14.6. The van der Waals surface area contributed by atoms with Crippen molar-refractivity contribution in [1.82, 2.24) is 0 Å². The van der Waals surface area contributed by atoms with Crippen LogP contribution in [0.2, 0.25) is 0 Å². The smallest absolute Gasteiger partial charge is 0.159 e. The maximum Gasteiger partial charge on any atom is 0.159 e. The molecule has 7 heteroatoms. The number of furan rings is 6. The summed E-state index contributed by atoms with van der Waals surface area (Å²) < 4.78 is 37.1. The van der Waals surface area contributed by atoms with E-state index in [9.17, 15) is 4.79 Å². The van der Waals surface area contributed by atoms with Gasteiger partial charge in [0, 0.05) is 6.42 Å². The molecule has 0 aliphatic heterocycles. The number of carbonyl (C=O) groups excluding carboxylic acids is 1. The van der Waals surface area contributed by atoms with Crippen LogP contribution in [0.5, 0.6) is 0 Å². The lowest BCUT2D eigenvalue weighted by atomic mass is 9.66. The average Bonchev–Trinajstić information content (AvgIpc) is 3.95. The molecule has 6 heterocycles. The highest BCUT2D eigenvalue weighted by atomic mass is 16.4. The van der Waals surface area contributed by atoms with Crippen molar-refractivity contribution in [2.75, 3.05) is 0 Å². The van der Waals surface area contributed by atoms with E-state index in [1.165, 1.54) is 5.57 Å². The van der Waals surface area contributed by atoms with E-state index in [1.54, 1.807) is 0 Å². The molecule has 0 radical (unpaired) electrons. The second-order valence-corrected chi connectivity index (χ2v) is 15.3. The van der Waals surface area contributed by atoms with Gasteiger partial charge in [0.15, 0.2) is 5.78 Å². The lowest BCUT2D eigenvalue weighted by Gasteiger charge is -2.37. The summed E-state index contributed by atoms with van der Waals surface area (Å²) in [5.74, 6) is 10.1. The first kappa shape index (κ1) is 35.5. The molecule has 1 aliphatic rings. The zero-order valence-corrected chi connectivity index (χ0v) is 31.5. The summed E-state index contributed by atoms with van der Waals surface area (Å²) in [6.07, 6.45) is 4.87.